The first-order chi connectivity index (χ1) is 5.69. The summed E-state index contributed by atoms with van der Waals surface area (Å²) in [5.74, 6) is 0.792. The van der Waals surface area contributed by atoms with Gasteiger partial charge in [-0.15, -0.1) is 0 Å². The average Bonchev–Trinajstić information content (AvgIpc) is 2.05. The molecule has 0 radical (unpaired) electrons. The van der Waals surface area contributed by atoms with Crippen LogP contribution in [-0.2, 0) is 4.74 Å². The molecule has 0 aromatic heterocycles. The van der Waals surface area contributed by atoms with Crippen molar-refractivity contribution < 1.29 is 25.9 Å². The summed E-state index contributed by atoms with van der Waals surface area (Å²) < 4.78 is 5.51. The van der Waals surface area contributed by atoms with E-state index >= 15 is 0 Å². The summed E-state index contributed by atoms with van der Waals surface area (Å²) in [6.45, 7) is 4.27. The Morgan fingerprint density at radius 3 is 1.64 bits per heavy atom. The molecule has 88 valence electrons. The molecule has 0 aliphatic carbocycles. The van der Waals surface area contributed by atoms with Gasteiger partial charge in [0, 0.05) is 0 Å². The number of hydrogen-bond acceptors (Lipinski definition) is 3. The van der Waals surface area contributed by atoms with Crippen molar-refractivity contribution in [3.8, 4) is 0 Å². The van der Waals surface area contributed by atoms with Gasteiger partial charge >= 0.3 is 0 Å². The second kappa shape index (κ2) is 7.14. The van der Waals surface area contributed by atoms with Crippen LogP contribution >= 0.6 is 0 Å². The van der Waals surface area contributed by atoms with Crippen LogP contribution in [0.25, 0.3) is 0 Å². The number of aliphatic hydroxyl groups excluding tert-OH is 2. The minimum Gasteiger partial charge on any atom is -0.412 e. The van der Waals surface area contributed by atoms with E-state index in [1.807, 2.05) is 0 Å². The fraction of sp³-hybridized carbons (Fsp3) is 1.00. The van der Waals surface area contributed by atoms with Gasteiger partial charge in [0.25, 0.3) is 0 Å². The Kier molecular flexibility index (Phi) is 8.28. The highest BCUT2D eigenvalue weighted by Gasteiger charge is 2.32. The molecule has 4 atom stereocenters. The summed E-state index contributed by atoms with van der Waals surface area (Å²) in [7, 11) is 0. The van der Waals surface area contributed by atoms with Crippen molar-refractivity contribution in [3.63, 3.8) is 0 Å². The second-order valence-corrected chi connectivity index (χ2v) is 3.77. The Balaban J connectivity index is 0. The Hall–Kier alpha value is -0.200. The van der Waals surface area contributed by atoms with Crippen molar-refractivity contribution >= 4 is 0 Å². The molecule has 1 aliphatic heterocycles. The second-order valence-electron chi connectivity index (χ2n) is 3.77. The first kappa shape index (κ1) is 16.2. The fourth-order valence-corrected chi connectivity index (χ4v) is 1.83. The van der Waals surface area contributed by atoms with E-state index in [-0.39, 0.29) is 36.4 Å². The molecule has 5 heteroatoms. The van der Waals surface area contributed by atoms with Crippen LogP contribution in [0.15, 0.2) is 0 Å². The molecule has 1 saturated heterocycles. The number of rotatable bonds is 2. The van der Waals surface area contributed by atoms with Gasteiger partial charge in [-0.05, 0) is 18.3 Å². The van der Waals surface area contributed by atoms with Crippen molar-refractivity contribution in [1.82, 2.24) is 0 Å². The molecule has 0 aromatic rings. The van der Waals surface area contributed by atoms with Gasteiger partial charge in [0.1, 0.15) is 0 Å². The quantitative estimate of drug-likeness (QED) is 0.593. The SMILES string of the molecule is CC1C[C@H](C)C(CO)O[C@H]1CO.O.O. The molecule has 14 heavy (non-hydrogen) atoms. The minimum atomic E-state index is -0.0849. The molecule has 0 spiro atoms. The third kappa shape index (κ3) is 3.51. The van der Waals surface area contributed by atoms with Crippen molar-refractivity contribution in [3.05, 3.63) is 0 Å². The lowest BCUT2D eigenvalue weighted by Crippen LogP contribution is -2.42. The van der Waals surface area contributed by atoms with Gasteiger partial charge in [-0.3, -0.25) is 0 Å². The van der Waals surface area contributed by atoms with E-state index in [1.54, 1.807) is 0 Å². The van der Waals surface area contributed by atoms with Gasteiger partial charge in [-0.2, -0.15) is 0 Å². The molecule has 5 nitrogen and oxygen atoms in total. The van der Waals surface area contributed by atoms with Crippen molar-refractivity contribution in [2.45, 2.75) is 32.5 Å². The Morgan fingerprint density at radius 2 is 1.36 bits per heavy atom. The van der Waals surface area contributed by atoms with Crippen LogP contribution in [0.2, 0.25) is 0 Å². The molecule has 1 rings (SSSR count). The summed E-state index contributed by atoms with van der Waals surface area (Å²) in [6, 6.07) is 0. The molecule has 0 aromatic carbocycles. The van der Waals surface area contributed by atoms with E-state index in [9.17, 15) is 0 Å². The van der Waals surface area contributed by atoms with Crippen molar-refractivity contribution in [1.29, 1.82) is 0 Å². The fourth-order valence-electron chi connectivity index (χ4n) is 1.83. The van der Waals surface area contributed by atoms with Gasteiger partial charge in [0.15, 0.2) is 0 Å². The van der Waals surface area contributed by atoms with Gasteiger partial charge in [-0.25, -0.2) is 0 Å². The lowest BCUT2D eigenvalue weighted by atomic mass is 9.86. The highest BCUT2D eigenvalue weighted by molar-refractivity contribution is 4.80. The van der Waals surface area contributed by atoms with E-state index < -0.39 is 0 Å². The maximum Gasteiger partial charge on any atom is 0.0836 e. The zero-order valence-electron chi connectivity index (χ0n) is 8.73. The number of hydrogen-bond donors (Lipinski definition) is 2. The van der Waals surface area contributed by atoms with E-state index in [0.717, 1.165) is 6.42 Å². The van der Waals surface area contributed by atoms with E-state index in [0.29, 0.717) is 11.8 Å². The third-order valence-corrected chi connectivity index (χ3v) is 2.72. The smallest absolute Gasteiger partial charge is 0.0836 e. The zero-order valence-corrected chi connectivity index (χ0v) is 8.73. The largest absolute Gasteiger partial charge is 0.412 e. The topological polar surface area (TPSA) is 113 Å². The normalized spacial score (nSPS) is 36.9. The summed E-state index contributed by atoms with van der Waals surface area (Å²) in [5, 5.41) is 17.9. The summed E-state index contributed by atoms with van der Waals surface area (Å²) >= 11 is 0. The Bertz CT molecular complexity index is 127. The molecular formula is C9H22O5. The lowest BCUT2D eigenvalue weighted by Gasteiger charge is -2.37. The highest BCUT2D eigenvalue weighted by atomic mass is 16.5. The first-order valence-electron chi connectivity index (χ1n) is 4.56. The molecule has 0 amide bonds. The van der Waals surface area contributed by atoms with Gasteiger partial charge < -0.3 is 25.9 Å². The highest BCUT2D eigenvalue weighted by Crippen LogP contribution is 2.28. The van der Waals surface area contributed by atoms with E-state index in [4.69, 9.17) is 14.9 Å². The van der Waals surface area contributed by atoms with Crippen LogP contribution in [0.4, 0.5) is 0 Å². The number of aliphatic hydroxyl groups is 2. The van der Waals surface area contributed by atoms with Crippen LogP contribution in [0.5, 0.6) is 0 Å². The average molecular weight is 210 g/mol. The summed E-state index contributed by atoms with van der Waals surface area (Å²) in [6.07, 6.45) is 0.855. The first-order valence-corrected chi connectivity index (χ1v) is 4.56. The lowest BCUT2D eigenvalue weighted by molar-refractivity contribution is -0.138. The monoisotopic (exact) mass is 210 g/mol. The molecule has 0 bridgehead atoms. The molecule has 1 fully saturated rings. The van der Waals surface area contributed by atoms with Crippen molar-refractivity contribution in [2.75, 3.05) is 13.2 Å². The zero-order chi connectivity index (χ0) is 9.14. The molecule has 1 aliphatic rings. The van der Waals surface area contributed by atoms with E-state index in [1.165, 1.54) is 0 Å². The molecule has 2 unspecified atom stereocenters. The maximum absolute atomic E-state index is 8.95. The van der Waals surface area contributed by atoms with E-state index in [2.05, 4.69) is 13.8 Å². The summed E-state index contributed by atoms with van der Waals surface area (Å²) in [4.78, 5) is 0. The standard InChI is InChI=1S/C9H18O3.2H2O/c1-6-3-7(2)9(5-11)12-8(6)4-10;;/h6-11H,3-5H2,1-2H3;2*1H2/t6-,7?,8?,9-;;/m0../s1. The van der Waals surface area contributed by atoms with Gasteiger partial charge in [0.2, 0.25) is 0 Å². The van der Waals surface area contributed by atoms with Crippen molar-refractivity contribution in [2.24, 2.45) is 11.8 Å². The summed E-state index contributed by atoms with van der Waals surface area (Å²) in [5.41, 5.74) is 0. The van der Waals surface area contributed by atoms with Gasteiger partial charge in [0.05, 0.1) is 25.4 Å². The van der Waals surface area contributed by atoms with Crippen LogP contribution in [0, 0.1) is 11.8 Å². The third-order valence-electron chi connectivity index (χ3n) is 2.72. The predicted molar refractivity (Wildman–Crippen MR) is 53.0 cm³/mol. The molecule has 1 heterocycles. The molecule has 6 N–H and O–H groups in total. The van der Waals surface area contributed by atoms with Crippen LogP contribution in [0.3, 0.4) is 0 Å². The van der Waals surface area contributed by atoms with Crippen LogP contribution < -0.4 is 0 Å². The molecule has 0 saturated carbocycles. The predicted octanol–water partition coefficient (Wildman–Crippen LogP) is -1.25. The minimum absolute atomic E-state index is 0. The molecular weight excluding hydrogens is 188 g/mol. The maximum atomic E-state index is 8.95. The Labute approximate surface area is 84.3 Å². The van der Waals surface area contributed by atoms with Crippen LogP contribution in [0.1, 0.15) is 20.3 Å². The van der Waals surface area contributed by atoms with Crippen LogP contribution in [-0.4, -0.2) is 46.6 Å². The Morgan fingerprint density at radius 1 is 1.00 bits per heavy atom. The number of ether oxygens (including phenoxy) is 1. The van der Waals surface area contributed by atoms with Gasteiger partial charge in [-0.1, -0.05) is 13.8 Å².